The molecule has 2 aliphatic rings. The van der Waals surface area contributed by atoms with E-state index >= 15 is 0 Å². The van der Waals surface area contributed by atoms with Gasteiger partial charge in [-0.1, -0.05) is 12.2 Å². The summed E-state index contributed by atoms with van der Waals surface area (Å²) >= 11 is 0. The standard InChI is InChI=1S/C14H23N3O2/c1-15-13(18)11-16-7-9-17(10-8-16)14(19)12-5-3-2-4-6-12/h2-3,12H,4-11H2,1H3,(H,15,18). The van der Waals surface area contributed by atoms with Crippen LogP contribution >= 0.6 is 0 Å². The number of amides is 2. The summed E-state index contributed by atoms with van der Waals surface area (Å²) in [6.45, 7) is 3.51. The van der Waals surface area contributed by atoms with Crippen molar-refractivity contribution in [3.8, 4) is 0 Å². The number of carbonyl (C=O) groups excluding carboxylic acids is 2. The van der Waals surface area contributed by atoms with Crippen LogP contribution in [0.5, 0.6) is 0 Å². The van der Waals surface area contributed by atoms with Crippen molar-refractivity contribution in [1.29, 1.82) is 0 Å². The molecular weight excluding hydrogens is 242 g/mol. The van der Waals surface area contributed by atoms with Gasteiger partial charge in [0.1, 0.15) is 0 Å². The maximum absolute atomic E-state index is 12.3. The van der Waals surface area contributed by atoms with Gasteiger partial charge in [0.25, 0.3) is 0 Å². The van der Waals surface area contributed by atoms with E-state index in [1.165, 1.54) is 0 Å². The summed E-state index contributed by atoms with van der Waals surface area (Å²) in [5.41, 5.74) is 0. The van der Waals surface area contributed by atoms with E-state index in [4.69, 9.17) is 0 Å². The zero-order valence-corrected chi connectivity index (χ0v) is 11.6. The highest BCUT2D eigenvalue weighted by Gasteiger charge is 2.27. The molecule has 1 fully saturated rings. The third-order valence-corrected chi connectivity index (χ3v) is 3.95. The molecule has 0 aromatic rings. The highest BCUT2D eigenvalue weighted by Crippen LogP contribution is 2.21. The number of hydrogen-bond donors (Lipinski definition) is 1. The van der Waals surface area contributed by atoms with E-state index in [9.17, 15) is 9.59 Å². The Kier molecular flexibility index (Phi) is 4.96. The fourth-order valence-electron chi connectivity index (χ4n) is 2.68. The Morgan fingerprint density at radius 3 is 2.53 bits per heavy atom. The van der Waals surface area contributed by atoms with Crippen molar-refractivity contribution >= 4 is 11.8 Å². The molecule has 1 unspecified atom stereocenters. The fraction of sp³-hybridized carbons (Fsp3) is 0.714. The Hall–Kier alpha value is -1.36. The second-order valence-electron chi connectivity index (χ2n) is 5.26. The van der Waals surface area contributed by atoms with Crippen LogP contribution in [0.2, 0.25) is 0 Å². The molecule has 5 heteroatoms. The van der Waals surface area contributed by atoms with Crippen molar-refractivity contribution in [3.63, 3.8) is 0 Å². The molecule has 0 aromatic carbocycles. The first kappa shape index (κ1) is 14.1. The van der Waals surface area contributed by atoms with Gasteiger partial charge in [-0.15, -0.1) is 0 Å². The SMILES string of the molecule is CNC(=O)CN1CCN(C(=O)C2CC=CCC2)CC1. The van der Waals surface area contributed by atoms with Gasteiger partial charge < -0.3 is 10.2 Å². The molecule has 1 aliphatic carbocycles. The summed E-state index contributed by atoms with van der Waals surface area (Å²) in [5, 5.41) is 2.63. The van der Waals surface area contributed by atoms with E-state index in [1.807, 2.05) is 4.90 Å². The van der Waals surface area contributed by atoms with Crippen molar-refractivity contribution in [3.05, 3.63) is 12.2 Å². The van der Waals surface area contributed by atoms with Gasteiger partial charge >= 0.3 is 0 Å². The molecular formula is C14H23N3O2. The minimum Gasteiger partial charge on any atom is -0.358 e. The van der Waals surface area contributed by atoms with Crippen molar-refractivity contribution in [2.45, 2.75) is 19.3 Å². The number of carbonyl (C=O) groups is 2. The highest BCUT2D eigenvalue weighted by atomic mass is 16.2. The molecule has 2 rings (SSSR count). The molecule has 0 aromatic heterocycles. The third-order valence-electron chi connectivity index (χ3n) is 3.95. The lowest BCUT2D eigenvalue weighted by atomic mass is 9.93. The van der Waals surface area contributed by atoms with Crippen LogP contribution in [0.1, 0.15) is 19.3 Å². The first-order chi connectivity index (χ1) is 9.20. The Labute approximate surface area is 114 Å². The van der Waals surface area contributed by atoms with E-state index in [0.717, 1.165) is 45.4 Å². The first-order valence-corrected chi connectivity index (χ1v) is 7.07. The van der Waals surface area contributed by atoms with Gasteiger partial charge in [-0.3, -0.25) is 14.5 Å². The number of piperazine rings is 1. The van der Waals surface area contributed by atoms with Gasteiger partial charge in [-0.25, -0.2) is 0 Å². The van der Waals surface area contributed by atoms with Crippen LogP contribution in [-0.2, 0) is 9.59 Å². The van der Waals surface area contributed by atoms with E-state index in [-0.39, 0.29) is 11.8 Å². The number of hydrogen-bond acceptors (Lipinski definition) is 3. The third kappa shape index (κ3) is 3.80. The van der Waals surface area contributed by atoms with Crippen LogP contribution in [0, 0.1) is 5.92 Å². The smallest absolute Gasteiger partial charge is 0.233 e. The molecule has 0 radical (unpaired) electrons. The maximum Gasteiger partial charge on any atom is 0.233 e. The van der Waals surface area contributed by atoms with Crippen LogP contribution in [0.25, 0.3) is 0 Å². The Balaban J connectivity index is 1.77. The predicted octanol–water partition coefficient (Wildman–Crippen LogP) is 0.233. The quantitative estimate of drug-likeness (QED) is 0.743. The zero-order chi connectivity index (χ0) is 13.7. The molecule has 1 saturated heterocycles. The lowest BCUT2D eigenvalue weighted by Crippen LogP contribution is -2.52. The second kappa shape index (κ2) is 6.70. The van der Waals surface area contributed by atoms with Crippen molar-refractivity contribution in [1.82, 2.24) is 15.1 Å². The lowest BCUT2D eigenvalue weighted by molar-refractivity contribution is -0.137. The summed E-state index contributed by atoms with van der Waals surface area (Å²) in [6, 6.07) is 0. The van der Waals surface area contributed by atoms with Gasteiger partial charge in [0.2, 0.25) is 11.8 Å². The maximum atomic E-state index is 12.3. The van der Waals surface area contributed by atoms with Gasteiger partial charge in [-0.2, -0.15) is 0 Å². The molecule has 1 aliphatic heterocycles. The lowest BCUT2D eigenvalue weighted by Gasteiger charge is -2.36. The Morgan fingerprint density at radius 1 is 1.21 bits per heavy atom. The van der Waals surface area contributed by atoms with Gasteiger partial charge in [0, 0.05) is 39.1 Å². The highest BCUT2D eigenvalue weighted by molar-refractivity contribution is 5.79. The van der Waals surface area contributed by atoms with Crippen LogP contribution < -0.4 is 5.32 Å². The average Bonchev–Trinajstić information content (AvgIpc) is 2.48. The minimum atomic E-state index is 0.0391. The summed E-state index contributed by atoms with van der Waals surface area (Å²) in [4.78, 5) is 27.7. The molecule has 19 heavy (non-hydrogen) atoms. The number of allylic oxidation sites excluding steroid dienone is 2. The molecule has 1 atom stereocenters. The second-order valence-corrected chi connectivity index (χ2v) is 5.26. The van der Waals surface area contributed by atoms with Crippen LogP contribution in [0.4, 0.5) is 0 Å². The number of rotatable bonds is 3. The van der Waals surface area contributed by atoms with Crippen LogP contribution in [-0.4, -0.2) is 61.4 Å². The number of likely N-dealkylation sites (N-methyl/N-ethyl adjacent to an activating group) is 1. The van der Waals surface area contributed by atoms with E-state index in [0.29, 0.717) is 12.5 Å². The number of nitrogens with one attached hydrogen (secondary N) is 1. The molecule has 0 saturated carbocycles. The van der Waals surface area contributed by atoms with Gasteiger partial charge in [-0.05, 0) is 19.3 Å². The minimum absolute atomic E-state index is 0.0391. The molecule has 0 bridgehead atoms. The van der Waals surface area contributed by atoms with Crippen molar-refractivity contribution < 1.29 is 9.59 Å². The largest absolute Gasteiger partial charge is 0.358 e. The molecule has 5 nitrogen and oxygen atoms in total. The van der Waals surface area contributed by atoms with Crippen molar-refractivity contribution in [2.75, 3.05) is 39.8 Å². The zero-order valence-electron chi connectivity index (χ0n) is 11.6. The summed E-state index contributed by atoms with van der Waals surface area (Å²) < 4.78 is 0. The monoisotopic (exact) mass is 265 g/mol. The molecule has 1 heterocycles. The Bertz CT molecular complexity index is 360. The van der Waals surface area contributed by atoms with Crippen LogP contribution in [0.15, 0.2) is 12.2 Å². The number of nitrogens with zero attached hydrogens (tertiary/aromatic N) is 2. The molecule has 0 spiro atoms. The topological polar surface area (TPSA) is 52.7 Å². The summed E-state index contributed by atoms with van der Waals surface area (Å²) in [6.07, 6.45) is 7.16. The van der Waals surface area contributed by atoms with E-state index < -0.39 is 0 Å². The fourth-order valence-corrected chi connectivity index (χ4v) is 2.68. The molecule has 106 valence electrons. The van der Waals surface area contributed by atoms with E-state index in [1.54, 1.807) is 7.05 Å². The predicted molar refractivity (Wildman–Crippen MR) is 73.6 cm³/mol. The normalized spacial score (nSPS) is 24.3. The van der Waals surface area contributed by atoms with Gasteiger partial charge in [0.15, 0.2) is 0 Å². The Morgan fingerprint density at radius 2 is 1.95 bits per heavy atom. The summed E-state index contributed by atoms with van der Waals surface area (Å²) in [7, 11) is 1.65. The van der Waals surface area contributed by atoms with Crippen LogP contribution in [0.3, 0.4) is 0 Å². The molecule has 2 amide bonds. The van der Waals surface area contributed by atoms with Gasteiger partial charge in [0.05, 0.1) is 6.54 Å². The first-order valence-electron chi connectivity index (χ1n) is 7.07. The van der Waals surface area contributed by atoms with Crippen molar-refractivity contribution in [2.24, 2.45) is 5.92 Å². The average molecular weight is 265 g/mol. The van der Waals surface area contributed by atoms with E-state index in [2.05, 4.69) is 22.4 Å². The molecule has 1 N–H and O–H groups in total. The summed E-state index contributed by atoms with van der Waals surface area (Å²) in [5.74, 6) is 0.511.